The van der Waals surface area contributed by atoms with Gasteiger partial charge in [0.2, 0.25) is 0 Å². The van der Waals surface area contributed by atoms with Crippen molar-refractivity contribution in [1.82, 2.24) is 15.0 Å². The number of nitrogens with zero attached hydrogens (tertiary/aromatic N) is 4. The molecule has 1 aromatic carbocycles. The van der Waals surface area contributed by atoms with Crippen LogP contribution in [0.4, 0.5) is 5.82 Å². The number of quaternary nitrogens is 1. The van der Waals surface area contributed by atoms with Gasteiger partial charge in [0.1, 0.15) is 10.6 Å². The van der Waals surface area contributed by atoms with E-state index in [1.165, 1.54) is 23.1 Å². The summed E-state index contributed by atoms with van der Waals surface area (Å²) in [7, 11) is 0. The molecule has 3 aromatic heterocycles. The molecule has 1 N–H and O–H groups in total. The largest absolute Gasteiger partial charge is 0.345 e. The Labute approximate surface area is 174 Å². The number of piperazine rings is 1. The number of anilines is 1. The van der Waals surface area contributed by atoms with Crippen molar-refractivity contribution in [2.24, 2.45) is 0 Å². The molecule has 0 saturated carbocycles. The molecule has 4 heterocycles. The van der Waals surface area contributed by atoms with Gasteiger partial charge in [0.25, 0.3) is 0 Å². The molecule has 1 aliphatic heterocycles. The van der Waals surface area contributed by atoms with Crippen molar-refractivity contribution in [3.63, 3.8) is 0 Å². The zero-order valence-electron chi connectivity index (χ0n) is 16.5. The summed E-state index contributed by atoms with van der Waals surface area (Å²) >= 11 is 1.70. The summed E-state index contributed by atoms with van der Waals surface area (Å²) < 4.78 is 0. The van der Waals surface area contributed by atoms with Gasteiger partial charge in [0.15, 0.2) is 5.82 Å². The van der Waals surface area contributed by atoms with Crippen molar-refractivity contribution < 1.29 is 4.90 Å². The standard InChI is InChI=1S/C23H23N5S/c1-2-27-11-13-28(14-12-27)22-20-19(17-7-4-3-5-8-17)16-29-23(20)26-21(25-22)18-9-6-10-24-15-18/h3-10,15-16H,2,11-14H2,1H3/p+1. The summed E-state index contributed by atoms with van der Waals surface area (Å²) in [6.45, 7) is 7.78. The fourth-order valence-corrected chi connectivity index (χ4v) is 4.94. The van der Waals surface area contributed by atoms with Crippen LogP contribution in [0.5, 0.6) is 0 Å². The van der Waals surface area contributed by atoms with Crippen molar-refractivity contribution in [1.29, 1.82) is 0 Å². The number of hydrogen-bond acceptors (Lipinski definition) is 5. The molecule has 1 fully saturated rings. The van der Waals surface area contributed by atoms with Crippen LogP contribution in [0.3, 0.4) is 0 Å². The van der Waals surface area contributed by atoms with Gasteiger partial charge in [-0.15, -0.1) is 11.3 Å². The van der Waals surface area contributed by atoms with Crippen molar-refractivity contribution in [3.8, 4) is 22.5 Å². The van der Waals surface area contributed by atoms with Gasteiger partial charge < -0.3 is 9.80 Å². The molecule has 0 atom stereocenters. The monoisotopic (exact) mass is 402 g/mol. The van der Waals surface area contributed by atoms with Gasteiger partial charge in [0.05, 0.1) is 38.1 Å². The van der Waals surface area contributed by atoms with Crippen LogP contribution in [0.1, 0.15) is 6.92 Å². The highest BCUT2D eigenvalue weighted by Gasteiger charge is 2.25. The molecule has 0 bridgehead atoms. The van der Waals surface area contributed by atoms with Gasteiger partial charge in [-0.25, -0.2) is 9.97 Å². The van der Waals surface area contributed by atoms with E-state index >= 15 is 0 Å². The smallest absolute Gasteiger partial charge is 0.164 e. The molecule has 5 rings (SSSR count). The van der Waals surface area contributed by atoms with E-state index in [0.717, 1.165) is 48.2 Å². The molecule has 4 aromatic rings. The Morgan fingerprint density at radius 1 is 1.00 bits per heavy atom. The minimum absolute atomic E-state index is 0.757. The van der Waals surface area contributed by atoms with Crippen molar-refractivity contribution in [2.45, 2.75) is 6.92 Å². The number of likely N-dealkylation sites (N-methyl/N-ethyl adjacent to an activating group) is 1. The van der Waals surface area contributed by atoms with Crippen LogP contribution in [0.2, 0.25) is 0 Å². The maximum atomic E-state index is 5.08. The topological polar surface area (TPSA) is 46.4 Å². The molecule has 0 spiro atoms. The fraction of sp³-hybridized carbons (Fsp3) is 0.261. The molecule has 1 aliphatic rings. The van der Waals surface area contributed by atoms with Crippen LogP contribution in [-0.4, -0.2) is 47.7 Å². The third-order valence-corrected chi connectivity index (χ3v) is 6.56. The summed E-state index contributed by atoms with van der Waals surface area (Å²) in [5.41, 5.74) is 3.40. The third-order valence-electron chi connectivity index (χ3n) is 5.69. The van der Waals surface area contributed by atoms with E-state index in [1.54, 1.807) is 22.4 Å². The van der Waals surface area contributed by atoms with E-state index in [4.69, 9.17) is 9.97 Å². The average molecular weight is 403 g/mol. The van der Waals surface area contributed by atoms with E-state index in [-0.39, 0.29) is 0 Å². The molecule has 29 heavy (non-hydrogen) atoms. The number of pyridine rings is 1. The maximum absolute atomic E-state index is 5.08. The van der Waals surface area contributed by atoms with Crippen LogP contribution in [0.15, 0.2) is 60.2 Å². The highest BCUT2D eigenvalue weighted by Crippen LogP contribution is 2.39. The molecule has 0 aliphatic carbocycles. The highest BCUT2D eigenvalue weighted by atomic mass is 32.1. The van der Waals surface area contributed by atoms with E-state index < -0.39 is 0 Å². The van der Waals surface area contributed by atoms with Crippen LogP contribution in [0, 0.1) is 0 Å². The fourth-order valence-electron chi connectivity index (χ4n) is 3.99. The molecule has 6 heteroatoms. The van der Waals surface area contributed by atoms with Gasteiger partial charge in [-0.2, -0.15) is 0 Å². The van der Waals surface area contributed by atoms with E-state index in [9.17, 15) is 0 Å². The number of fused-ring (bicyclic) bond motifs is 1. The quantitative estimate of drug-likeness (QED) is 0.570. The maximum Gasteiger partial charge on any atom is 0.164 e. The Morgan fingerprint density at radius 3 is 2.52 bits per heavy atom. The summed E-state index contributed by atoms with van der Waals surface area (Å²) in [5, 5.41) is 3.40. The predicted octanol–water partition coefficient (Wildman–Crippen LogP) is 3.15. The second-order valence-corrected chi connectivity index (χ2v) is 8.26. The predicted molar refractivity (Wildman–Crippen MR) is 120 cm³/mol. The first-order valence-electron chi connectivity index (χ1n) is 10.2. The molecule has 0 amide bonds. The summed E-state index contributed by atoms with van der Waals surface area (Å²) in [5.74, 6) is 1.82. The normalized spacial score (nSPS) is 15.1. The second kappa shape index (κ2) is 7.89. The number of nitrogens with one attached hydrogen (secondary N) is 1. The van der Waals surface area contributed by atoms with E-state index in [0.29, 0.717) is 0 Å². The second-order valence-electron chi connectivity index (χ2n) is 7.40. The SMILES string of the molecule is CC[NH+]1CCN(c2nc(-c3cccnc3)nc3scc(-c4ccccc4)c23)CC1. The van der Waals surface area contributed by atoms with Crippen LogP contribution in [0.25, 0.3) is 32.7 Å². The first kappa shape index (κ1) is 18.2. The molecule has 146 valence electrons. The molecular weight excluding hydrogens is 378 g/mol. The molecule has 5 nitrogen and oxygen atoms in total. The lowest BCUT2D eigenvalue weighted by Crippen LogP contribution is -3.14. The lowest BCUT2D eigenvalue weighted by Gasteiger charge is -2.33. The molecule has 0 radical (unpaired) electrons. The summed E-state index contributed by atoms with van der Waals surface area (Å²) in [6, 6.07) is 14.5. The van der Waals surface area contributed by atoms with Crippen molar-refractivity contribution in [3.05, 3.63) is 60.2 Å². The Morgan fingerprint density at radius 2 is 1.79 bits per heavy atom. The molecular formula is C23H24N5S+. The Kier molecular flexibility index (Phi) is 4.96. The third kappa shape index (κ3) is 3.50. The highest BCUT2D eigenvalue weighted by molar-refractivity contribution is 7.17. The zero-order valence-corrected chi connectivity index (χ0v) is 17.3. The van der Waals surface area contributed by atoms with Gasteiger partial charge in [-0.3, -0.25) is 4.98 Å². The van der Waals surface area contributed by atoms with Crippen LogP contribution in [-0.2, 0) is 0 Å². The number of rotatable bonds is 4. The lowest BCUT2D eigenvalue weighted by molar-refractivity contribution is -0.898. The van der Waals surface area contributed by atoms with Crippen LogP contribution >= 0.6 is 11.3 Å². The number of thiophene rings is 1. The van der Waals surface area contributed by atoms with Gasteiger partial charge in [0, 0.05) is 28.9 Å². The van der Waals surface area contributed by atoms with Gasteiger partial charge >= 0.3 is 0 Å². The summed E-state index contributed by atoms with van der Waals surface area (Å²) in [4.78, 5) is 19.4. The number of benzene rings is 1. The Hall–Kier alpha value is -2.83. The molecule has 1 saturated heterocycles. The zero-order chi connectivity index (χ0) is 19.6. The Balaban J connectivity index is 1.67. The van der Waals surface area contributed by atoms with Crippen molar-refractivity contribution >= 4 is 27.4 Å². The minimum Gasteiger partial charge on any atom is -0.345 e. The first-order chi connectivity index (χ1) is 14.3. The molecule has 0 unspecified atom stereocenters. The van der Waals surface area contributed by atoms with Gasteiger partial charge in [-0.05, 0) is 24.6 Å². The Bertz CT molecular complexity index is 1100. The van der Waals surface area contributed by atoms with Crippen molar-refractivity contribution in [2.75, 3.05) is 37.6 Å². The van der Waals surface area contributed by atoms with Crippen LogP contribution < -0.4 is 9.80 Å². The summed E-state index contributed by atoms with van der Waals surface area (Å²) in [6.07, 6.45) is 3.63. The minimum atomic E-state index is 0.757. The van der Waals surface area contributed by atoms with E-state index in [2.05, 4.69) is 52.5 Å². The van der Waals surface area contributed by atoms with E-state index in [1.807, 2.05) is 18.3 Å². The number of aromatic nitrogens is 3. The van der Waals surface area contributed by atoms with Gasteiger partial charge in [-0.1, -0.05) is 30.3 Å². The lowest BCUT2D eigenvalue weighted by atomic mass is 10.1. The number of hydrogen-bond donors (Lipinski definition) is 1. The average Bonchev–Trinajstić information content (AvgIpc) is 3.24. The first-order valence-corrected chi connectivity index (χ1v) is 11.0.